The molecule has 0 spiro atoms. The number of benzene rings is 3. The number of aliphatic hydroxyl groups excluding tert-OH is 1. The Bertz CT molecular complexity index is 1170. The van der Waals surface area contributed by atoms with Gasteiger partial charge in [-0.1, -0.05) is 48.5 Å². The lowest BCUT2D eigenvalue weighted by Gasteiger charge is -2.22. The second-order valence-electron chi connectivity index (χ2n) is 7.78. The summed E-state index contributed by atoms with van der Waals surface area (Å²) in [4.78, 5) is 0. The first-order valence-corrected chi connectivity index (χ1v) is 12.2. The van der Waals surface area contributed by atoms with Crippen LogP contribution in [-0.4, -0.2) is 33.1 Å². The highest BCUT2D eigenvalue weighted by Gasteiger charge is 2.20. The largest absolute Gasteiger partial charge is 0.454 e. The van der Waals surface area contributed by atoms with E-state index in [9.17, 15) is 13.5 Å². The molecular weight excluding hydrogens is 428 g/mol. The molecule has 7 nitrogen and oxygen atoms in total. The number of anilines is 1. The van der Waals surface area contributed by atoms with Crippen molar-refractivity contribution in [2.24, 2.45) is 0 Å². The Morgan fingerprint density at radius 1 is 0.938 bits per heavy atom. The van der Waals surface area contributed by atoms with Crippen LogP contribution in [0.5, 0.6) is 11.5 Å². The third kappa shape index (κ3) is 5.79. The van der Waals surface area contributed by atoms with E-state index in [4.69, 9.17) is 9.47 Å². The van der Waals surface area contributed by atoms with Crippen LogP contribution in [0.3, 0.4) is 0 Å². The maximum Gasteiger partial charge on any atom is 0.231 e. The SMILES string of the molecule is CS(=O)(=O)Nc1cccc([C@@H](O)CNC(Cc2ccccc2)c2ccc3c(c2)OCO3)c1. The lowest BCUT2D eigenvalue weighted by atomic mass is 9.97. The van der Waals surface area contributed by atoms with Gasteiger partial charge in [0.25, 0.3) is 0 Å². The van der Waals surface area contributed by atoms with Crippen molar-refractivity contribution in [1.29, 1.82) is 0 Å². The molecule has 0 bridgehead atoms. The summed E-state index contributed by atoms with van der Waals surface area (Å²) in [6, 6.07) is 22.7. The summed E-state index contributed by atoms with van der Waals surface area (Å²) in [5.74, 6) is 1.44. The van der Waals surface area contributed by atoms with Gasteiger partial charge in [0, 0.05) is 18.3 Å². The predicted molar refractivity (Wildman–Crippen MR) is 123 cm³/mol. The van der Waals surface area contributed by atoms with E-state index in [1.165, 1.54) is 0 Å². The molecule has 3 N–H and O–H groups in total. The van der Waals surface area contributed by atoms with Gasteiger partial charge in [0.2, 0.25) is 16.8 Å². The van der Waals surface area contributed by atoms with Crippen LogP contribution < -0.4 is 19.5 Å². The molecule has 1 aliphatic rings. The van der Waals surface area contributed by atoms with E-state index >= 15 is 0 Å². The first-order chi connectivity index (χ1) is 15.4. The molecule has 0 radical (unpaired) electrons. The molecule has 8 heteroatoms. The fourth-order valence-electron chi connectivity index (χ4n) is 3.68. The number of aliphatic hydroxyl groups is 1. The summed E-state index contributed by atoms with van der Waals surface area (Å²) in [6.45, 7) is 0.500. The Kier molecular flexibility index (Phi) is 6.64. The first kappa shape index (κ1) is 22.1. The summed E-state index contributed by atoms with van der Waals surface area (Å²) >= 11 is 0. The third-order valence-electron chi connectivity index (χ3n) is 5.21. The zero-order valence-electron chi connectivity index (χ0n) is 17.7. The van der Waals surface area contributed by atoms with Gasteiger partial charge in [0.1, 0.15) is 0 Å². The smallest absolute Gasteiger partial charge is 0.231 e. The van der Waals surface area contributed by atoms with Gasteiger partial charge in [-0.2, -0.15) is 0 Å². The number of ether oxygens (including phenoxy) is 2. The molecular formula is C24H26N2O5S. The highest BCUT2D eigenvalue weighted by atomic mass is 32.2. The van der Waals surface area contributed by atoms with Gasteiger partial charge >= 0.3 is 0 Å². The topological polar surface area (TPSA) is 96.9 Å². The van der Waals surface area contributed by atoms with Crippen LogP contribution in [0, 0.1) is 0 Å². The maximum atomic E-state index is 11.5. The standard InChI is InChI=1S/C24H26N2O5S/c1-32(28,29)26-20-9-5-8-19(13-20)22(27)15-25-21(12-17-6-3-2-4-7-17)18-10-11-23-24(14-18)31-16-30-23/h2-11,13-14,21-22,25-27H,12,15-16H2,1H3/t21?,22-/m0/s1. The van der Waals surface area contributed by atoms with Crippen molar-refractivity contribution in [3.05, 3.63) is 89.5 Å². The van der Waals surface area contributed by atoms with Gasteiger partial charge in [0.05, 0.1) is 12.4 Å². The molecule has 0 saturated carbocycles. The summed E-state index contributed by atoms with van der Waals surface area (Å²) in [5.41, 5.74) is 3.23. The van der Waals surface area contributed by atoms with E-state index in [0.717, 1.165) is 29.6 Å². The van der Waals surface area contributed by atoms with Crippen LogP contribution in [0.25, 0.3) is 0 Å². The first-order valence-electron chi connectivity index (χ1n) is 10.3. The molecule has 0 aliphatic carbocycles. The van der Waals surface area contributed by atoms with Gasteiger partial charge in [-0.15, -0.1) is 0 Å². The van der Waals surface area contributed by atoms with Crippen LogP contribution in [0.2, 0.25) is 0 Å². The van der Waals surface area contributed by atoms with Gasteiger partial charge in [-0.3, -0.25) is 4.72 Å². The van der Waals surface area contributed by atoms with E-state index in [1.54, 1.807) is 24.3 Å². The Hall–Kier alpha value is -3.07. The fourth-order valence-corrected chi connectivity index (χ4v) is 4.24. The summed E-state index contributed by atoms with van der Waals surface area (Å²) in [7, 11) is -3.39. The van der Waals surface area contributed by atoms with Crippen molar-refractivity contribution in [2.45, 2.75) is 18.6 Å². The molecule has 0 saturated heterocycles. The molecule has 1 unspecified atom stereocenters. The van der Waals surface area contributed by atoms with Crippen LogP contribution >= 0.6 is 0 Å². The predicted octanol–water partition coefficient (Wildman–Crippen LogP) is 3.39. The molecule has 32 heavy (non-hydrogen) atoms. The molecule has 0 fully saturated rings. The molecule has 1 aliphatic heterocycles. The average Bonchev–Trinajstić information content (AvgIpc) is 3.24. The minimum atomic E-state index is -3.39. The van der Waals surface area contributed by atoms with Gasteiger partial charge < -0.3 is 19.9 Å². The van der Waals surface area contributed by atoms with E-state index in [-0.39, 0.29) is 19.4 Å². The van der Waals surface area contributed by atoms with E-state index in [2.05, 4.69) is 22.2 Å². The van der Waals surface area contributed by atoms with Gasteiger partial charge in [-0.25, -0.2) is 8.42 Å². The number of hydrogen-bond acceptors (Lipinski definition) is 6. The zero-order valence-corrected chi connectivity index (χ0v) is 18.5. The second kappa shape index (κ2) is 9.60. The van der Waals surface area contributed by atoms with Crippen molar-refractivity contribution in [2.75, 3.05) is 24.3 Å². The molecule has 2 atom stereocenters. The number of nitrogens with one attached hydrogen (secondary N) is 2. The molecule has 4 rings (SSSR count). The van der Waals surface area contributed by atoms with Crippen LogP contribution in [0.1, 0.15) is 28.8 Å². The highest BCUT2D eigenvalue weighted by molar-refractivity contribution is 7.92. The number of rotatable bonds is 9. The summed E-state index contributed by atoms with van der Waals surface area (Å²) in [5, 5.41) is 14.2. The summed E-state index contributed by atoms with van der Waals surface area (Å²) < 4.78 is 36.4. The van der Waals surface area contributed by atoms with Crippen molar-refractivity contribution < 1.29 is 23.0 Å². The maximum absolute atomic E-state index is 11.5. The Balaban J connectivity index is 1.50. The Labute approximate surface area is 188 Å². The Morgan fingerprint density at radius 2 is 1.72 bits per heavy atom. The van der Waals surface area contributed by atoms with E-state index < -0.39 is 16.1 Å². The number of fused-ring (bicyclic) bond motifs is 1. The lowest BCUT2D eigenvalue weighted by molar-refractivity contribution is 0.169. The van der Waals surface area contributed by atoms with Crippen LogP contribution in [-0.2, 0) is 16.4 Å². The van der Waals surface area contributed by atoms with Crippen molar-refractivity contribution in [1.82, 2.24) is 5.32 Å². The van der Waals surface area contributed by atoms with Gasteiger partial charge in [-0.05, 0) is 47.4 Å². The van der Waals surface area contributed by atoms with Crippen molar-refractivity contribution >= 4 is 15.7 Å². The van der Waals surface area contributed by atoms with Crippen molar-refractivity contribution in [3.8, 4) is 11.5 Å². The molecule has 3 aromatic carbocycles. The lowest BCUT2D eigenvalue weighted by Crippen LogP contribution is -2.28. The van der Waals surface area contributed by atoms with E-state index in [0.29, 0.717) is 17.0 Å². The number of hydrogen-bond donors (Lipinski definition) is 3. The zero-order chi connectivity index (χ0) is 22.6. The highest BCUT2D eigenvalue weighted by Crippen LogP contribution is 2.35. The normalized spacial score (nSPS) is 14.7. The monoisotopic (exact) mass is 454 g/mol. The summed E-state index contributed by atoms with van der Waals surface area (Å²) in [6.07, 6.45) is 1.00. The minimum absolute atomic E-state index is 0.0705. The minimum Gasteiger partial charge on any atom is -0.454 e. The van der Waals surface area contributed by atoms with Crippen LogP contribution in [0.15, 0.2) is 72.8 Å². The van der Waals surface area contributed by atoms with E-state index in [1.807, 2.05) is 36.4 Å². The number of sulfonamides is 1. The van der Waals surface area contributed by atoms with Crippen molar-refractivity contribution in [3.63, 3.8) is 0 Å². The fraction of sp³-hybridized carbons (Fsp3) is 0.250. The third-order valence-corrected chi connectivity index (χ3v) is 5.82. The average molecular weight is 455 g/mol. The Morgan fingerprint density at radius 3 is 2.50 bits per heavy atom. The molecule has 0 amide bonds. The molecule has 3 aromatic rings. The quantitative estimate of drug-likeness (QED) is 0.459. The molecule has 0 aromatic heterocycles. The molecule has 168 valence electrons. The van der Waals surface area contributed by atoms with Gasteiger partial charge in [0.15, 0.2) is 11.5 Å². The molecule has 1 heterocycles. The van der Waals surface area contributed by atoms with Crippen LogP contribution in [0.4, 0.5) is 5.69 Å². The second-order valence-corrected chi connectivity index (χ2v) is 9.53.